The highest BCUT2D eigenvalue weighted by Crippen LogP contribution is 2.14. The van der Waals surface area contributed by atoms with E-state index >= 15 is 0 Å². The molecule has 0 aliphatic carbocycles. The first kappa shape index (κ1) is 17.2. The number of rotatable bonds is 6. The second kappa shape index (κ2) is 7.98. The summed E-state index contributed by atoms with van der Waals surface area (Å²) in [5.41, 5.74) is 8.25. The summed E-state index contributed by atoms with van der Waals surface area (Å²) >= 11 is 0. The maximum Gasteiger partial charge on any atom is 0.316 e. The third kappa shape index (κ3) is 4.70. The van der Waals surface area contributed by atoms with E-state index in [1.165, 1.54) is 0 Å². The Bertz CT molecular complexity index is 888. The Kier molecular flexibility index (Phi) is 5.28. The van der Waals surface area contributed by atoms with E-state index in [2.05, 4.69) is 15.7 Å². The molecule has 0 unspecified atom stereocenters. The number of hydrogen-bond acceptors (Lipinski definition) is 3. The lowest BCUT2D eigenvalue weighted by atomic mass is 10.2. The molecule has 1 aromatic heterocycles. The van der Waals surface area contributed by atoms with Crippen molar-refractivity contribution in [3.63, 3.8) is 0 Å². The summed E-state index contributed by atoms with van der Waals surface area (Å²) in [6.07, 6.45) is 4.64. The molecular formula is C19H19N5O2. The van der Waals surface area contributed by atoms with E-state index in [1.54, 1.807) is 35.1 Å². The molecule has 26 heavy (non-hydrogen) atoms. The van der Waals surface area contributed by atoms with E-state index in [1.807, 2.05) is 36.5 Å². The Balaban J connectivity index is 1.51. The second-order valence-corrected chi connectivity index (χ2v) is 5.74. The number of carbonyl (C=O) groups is 2. The fraction of sp³-hybridized carbons (Fsp3) is 0.105. The van der Waals surface area contributed by atoms with Gasteiger partial charge in [0.1, 0.15) is 0 Å². The minimum atomic E-state index is -0.627. The van der Waals surface area contributed by atoms with Gasteiger partial charge in [-0.15, -0.1) is 0 Å². The van der Waals surface area contributed by atoms with E-state index in [0.29, 0.717) is 24.2 Å². The van der Waals surface area contributed by atoms with Crippen LogP contribution in [0.4, 0.5) is 16.2 Å². The summed E-state index contributed by atoms with van der Waals surface area (Å²) in [5, 5.41) is 9.61. The number of aryl methyl sites for hydroxylation is 1. The van der Waals surface area contributed by atoms with Crippen molar-refractivity contribution in [2.45, 2.75) is 12.8 Å². The van der Waals surface area contributed by atoms with Crippen LogP contribution < -0.4 is 16.4 Å². The highest BCUT2D eigenvalue weighted by Gasteiger charge is 2.06. The monoisotopic (exact) mass is 349 g/mol. The maximum atomic E-state index is 12.1. The van der Waals surface area contributed by atoms with Gasteiger partial charge in [0.25, 0.3) is 0 Å². The Hall–Kier alpha value is -3.61. The summed E-state index contributed by atoms with van der Waals surface area (Å²) < 4.78 is 1.79. The van der Waals surface area contributed by atoms with Crippen molar-refractivity contribution < 1.29 is 9.59 Å². The van der Waals surface area contributed by atoms with Gasteiger partial charge in [-0.3, -0.25) is 4.79 Å². The van der Waals surface area contributed by atoms with Gasteiger partial charge in [0.15, 0.2) is 0 Å². The zero-order valence-corrected chi connectivity index (χ0v) is 14.1. The minimum Gasteiger partial charge on any atom is -0.351 e. The number of primary amides is 1. The topological polar surface area (TPSA) is 102 Å². The van der Waals surface area contributed by atoms with Gasteiger partial charge in [0.05, 0.1) is 11.9 Å². The molecule has 0 radical (unpaired) electrons. The average Bonchev–Trinajstić information content (AvgIpc) is 3.11. The van der Waals surface area contributed by atoms with Gasteiger partial charge < -0.3 is 16.4 Å². The summed E-state index contributed by atoms with van der Waals surface area (Å²) in [4.78, 5) is 22.9. The number of nitrogens with zero attached hydrogens (tertiary/aromatic N) is 2. The standard InChI is InChI=1S/C19H19N5O2/c20-19(26)23-16-9-7-15(8-10-16)22-18(25)11-6-14-12-21-24(13-14)17-4-2-1-3-5-17/h1-5,7-10,12-13H,6,11H2,(H,22,25)(H3,20,23,26). The van der Waals surface area contributed by atoms with Crippen LogP contribution in [-0.2, 0) is 11.2 Å². The number of nitrogens with one attached hydrogen (secondary N) is 2. The van der Waals surface area contributed by atoms with Crippen LogP contribution >= 0.6 is 0 Å². The van der Waals surface area contributed by atoms with Crippen molar-refractivity contribution in [1.29, 1.82) is 0 Å². The van der Waals surface area contributed by atoms with Crippen molar-refractivity contribution in [1.82, 2.24) is 9.78 Å². The van der Waals surface area contributed by atoms with Crippen LogP contribution in [0, 0.1) is 0 Å². The molecule has 0 aliphatic rings. The largest absolute Gasteiger partial charge is 0.351 e. The van der Waals surface area contributed by atoms with Gasteiger partial charge in [-0.2, -0.15) is 5.10 Å². The number of aromatic nitrogens is 2. The van der Waals surface area contributed by atoms with E-state index in [9.17, 15) is 9.59 Å². The molecule has 3 amide bonds. The van der Waals surface area contributed by atoms with Crippen molar-refractivity contribution >= 4 is 23.3 Å². The van der Waals surface area contributed by atoms with Crippen LogP contribution in [0.2, 0.25) is 0 Å². The van der Waals surface area contributed by atoms with Crippen LogP contribution in [0.25, 0.3) is 5.69 Å². The molecule has 0 aliphatic heterocycles. The maximum absolute atomic E-state index is 12.1. The number of nitrogens with two attached hydrogens (primary N) is 1. The predicted molar refractivity (Wildman–Crippen MR) is 100 cm³/mol. The molecule has 3 aromatic rings. The fourth-order valence-electron chi connectivity index (χ4n) is 2.47. The van der Waals surface area contributed by atoms with Gasteiger partial charge >= 0.3 is 6.03 Å². The first-order valence-corrected chi connectivity index (χ1v) is 8.15. The van der Waals surface area contributed by atoms with Gasteiger partial charge in [0, 0.05) is 24.0 Å². The second-order valence-electron chi connectivity index (χ2n) is 5.74. The third-order valence-corrected chi connectivity index (χ3v) is 3.73. The molecule has 3 rings (SSSR count). The molecular weight excluding hydrogens is 330 g/mol. The molecule has 7 heteroatoms. The van der Waals surface area contributed by atoms with Crippen LogP contribution in [0.3, 0.4) is 0 Å². The number of benzene rings is 2. The quantitative estimate of drug-likeness (QED) is 0.637. The summed E-state index contributed by atoms with van der Waals surface area (Å²) in [6, 6.07) is 15.9. The van der Waals surface area contributed by atoms with Crippen LogP contribution in [0.15, 0.2) is 67.0 Å². The lowest BCUT2D eigenvalue weighted by Crippen LogP contribution is -2.19. The summed E-state index contributed by atoms with van der Waals surface area (Å²) in [5.74, 6) is -0.0897. The molecule has 2 aromatic carbocycles. The van der Waals surface area contributed by atoms with Gasteiger partial charge in [-0.1, -0.05) is 18.2 Å². The molecule has 132 valence electrons. The smallest absolute Gasteiger partial charge is 0.316 e. The fourth-order valence-corrected chi connectivity index (χ4v) is 2.47. The number of hydrogen-bond donors (Lipinski definition) is 3. The SMILES string of the molecule is NC(=O)Nc1ccc(NC(=O)CCc2cnn(-c3ccccc3)c2)cc1. The molecule has 0 bridgehead atoms. The van der Waals surface area contributed by atoms with Gasteiger partial charge in [-0.05, 0) is 48.4 Å². The van der Waals surface area contributed by atoms with E-state index < -0.39 is 6.03 Å². The Morgan fingerprint density at radius 2 is 1.62 bits per heavy atom. The minimum absolute atomic E-state index is 0.0897. The summed E-state index contributed by atoms with van der Waals surface area (Å²) in [7, 11) is 0. The van der Waals surface area contributed by atoms with Crippen molar-refractivity contribution in [2.24, 2.45) is 5.73 Å². The van der Waals surface area contributed by atoms with E-state index in [0.717, 1.165) is 11.3 Å². The number of urea groups is 1. The average molecular weight is 349 g/mol. The highest BCUT2D eigenvalue weighted by molar-refractivity contribution is 5.92. The van der Waals surface area contributed by atoms with Crippen LogP contribution in [-0.4, -0.2) is 21.7 Å². The molecule has 0 fully saturated rings. The van der Waals surface area contributed by atoms with Crippen molar-refractivity contribution in [3.8, 4) is 5.69 Å². The van der Waals surface area contributed by atoms with E-state index in [-0.39, 0.29) is 5.91 Å². The number of amides is 3. The van der Waals surface area contributed by atoms with Crippen molar-refractivity contribution in [3.05, 3.63) is 72.6 Å². The van der Waals surface area contributed by atoms with E-state index in [4.69, 9.17) is 5.73 Å². The molecule has 1 heterocycles. The predicted octanol–water partition coefficient (Wildman–Crippen LogP) is 2.93. The lowest BCUT2D eigenvalue weighted by molar-refractivity contribution is -0.116. The normalized spacial score (nSPS) is 10.3. The van der Waals surface area contributed by atoms with Crippen molar-refractivity contribution in [2.75, 3.05) is 10.6 Å². The highest BCUT2D eigenvalue weighted by atomic mass is 16.2. The molecule has 7 nitrogen and oxygen atoms in total. The Morgan fingerprint density at radius 1 is 0.962 bits per heavy atom. The first-order chi connectivity index (χ1) is 12.6. The summed E-state index contributed by atoms with van der Waals surface area (Å²) in [6.45, 7) is 0. The number of carbonyl (C=O) groups excluding carboxylic acids is 2. The Morgan fingerprint density at radius 3 is 2.27 bits per heavy atom. The Labute approximate surface area is 150 Å². The lowest BCUT2D eigenvalue weighted by Gasteiger charge is -2.06. The molecule has 0 atom stereocenters. The molecule has 0 spiro atoms. The first-order valence-electron chi connectivity index (χ1n) is 8.15. The van der Waals surface area contributed by atoms with Gasteiger partial charge in [0.2, 0.25) is 5.91 Å². The zero-order valence-electron chi connectivity index (χ0n) is 14.1. The molecule has 4 N–H and O–H groups in total. The third-order valence-electron chi connectivity index (χ3n) is 3.73. The van der Waals surface area contributed by atoms with Crippen LogP contribution in [0.5, 0.6) is 0 Å². The van der Waals surface area contributed by atoms with Gasteiger partial charge in [-0.25, -0.2) is 9.48 Å². The molecule has 0 saturated carbocycles. The number of para-hydroxylation sites is 1. The molecule has 0 saturated heterocycles. The van der Waals surface area contributed by atoms with Crippen LogP contribution in [0.1, 0.15) is 12.0 Å². The number of anilines is 2. The zero-order chi connectivity index (χ0) is 18.4.